The lowest BCUT2D eigenvalue weighted by Gasteiger charge is -2.19. The van der Waals surface area contributed by atoms with Crippen LogP contribution in [0.15, 0.2) is 41.7 Å². The molecule has 1 atom stereocenters. The zero-order valence-corrected chi connectivity index (χ0v) is 19.3. The molecule has 1 aliphatic rings. The highest BCUT2D eigenvalue weighted by Gasteiger charge is 2.25. The molecule has 0 bridgehead atoms. The van der Waals surface area contributed by atoms with Crippen molar-refractivity contribution in [2.75, 3.05) is 23.3 Å². The Morgan fingerprint density at radius 2 is 1.77 bits per heavy atom. The number of carbonyl (C=O) groups excluding carboxylic acids is 1. The lowest BCUT2D eigenvalue weighted by molar-refractivity contribution is -0.115. The van der Waals surface area contributed by atoms with Crippen molar-refractivity contribution in [2.45, 2.75) is 57.0 Å². The number of amides is 1. The Morgan fingerprint density at radius 3 is 2.45 bits per heavy atom. The number of aromatic nitrogens is 5. The molecule has 3 heterocycles. The molecule has 2 aromatic heterocycles. The van der Waals surface area contributed by atoms with Crippen molar-refractivity contribution in [3.8, 4) is 5.69 Å². The summed E-state index contributed by atoms with van der Waals surface area (Å²) in [7, 11) is 0. The number of hydrogen-bond donors (Lipinski definition) is 1. The molecule has 0 saturated carbocycles. The zero-order chi connectivity index (χ0) is 22.0. The van der Waals surface area contributed by atoms with Gasteiger partial charge in [-0.25, -0.2) is 4.68 Å². The van der Waals surface area contributed by atoms with Gasteiger partial charge in [-0.15, -0.1) is 10.2 Å². The summed E-state index contributed by atoms with van der Waals surface area (Å²) in [4.78, 5) is 15.2. The normalized spacial score (nSPS) is 14.9. The Balaban J connectivity index is 1.58. The van der Waals surface area contributed by atoms with E-state index in [9.17, 15) is 4.79 Å². The number of rotatable bonds is 7. The molecule has 0 spiro atoms. The average molecular weight is 440 g/mol. The first-order valence-corrected chi connectivity index (χ1v) is 11.6. The lowest BCUT2D eigenvalue weighted by Crippen LogP contribution is -2.25. The van der Waals surface area contributed by atoms with Crippen LogP contribution in [-0.2, 0) is 4.79 Å². The molecule has 3 aromatic rings. The third-order valence-electron chi connectivity index (χ3n) is 5.36. The molecule has 1 N–H and O–H groups in total. The van der Waals surface area contributed by atoms with Crippen LogP contribution in [0.1, 0.15) is 45.2 Å². The molecule has 0 aliphatic carbocycles. The molecule has 8 nitrogen and oxygen atoms in total. The van der Waals surface area contributed by atoms with Gasteiger partial charge < -0.3 is 10.2 Å². The van der Waals surface area contributed by atoms with E-state index in [0.29, 0.717) is 11.0 Å². The minimum absolute atomic E-state index is 0.0893. The summed E-state index contributed by atoms with van der Waals surface area (Å²) < 4.78 is 3.87. The van der Waals surface area contributed by atoms with Gasteiger partial charge in [0.05, 0.1) is 17.1 Å². The number of anilines is 2. The third kappa shape index (κ3) is 4.61. The largest absolute Gasteiger partial charge is 0.341 e. The molecule has 1 unspecified atom stereocenters. The fourth-order valence-corrected chi connectivity index (χ4v) is 4.51. The number of aryl methyl sites for hydroxylation is 1. The maximum absolute atomic E-state index is 12.9. The fourth-order valence-electron chi connectivity index (χ4n) is 3.64. The van der Waals surface area contributed by atoms with Gasteiger partial charge in [0.2, 0.25) is 11.9 Å². The van der Waals surface area contributed by atoms with Gasteiger partial charge in [-0.05, 0) is 52.7 Å². The van der Waals surface area contributed by atoms with Gasteiger partial charge >= 0.3 is 0 Å². The van der Waals surface area contributed by atoms with Crippen LogP contribution >= 0.6 is 11.8 Å². The standard InChI is InChI=1S/C22H29N7OS/c1-15(2)29-19(11-12-23-29)24-20(30)17(4)31-22-26-25-21(27-13-5-6-14-27)28(22)18-9-7-16(3)8-10-18/h7-12,15,17H,5-6,13-14H2,1-4H3,(H,24,30). The fraction of sp³-hybridized carbons (Fsp3) is 0.455. The number of hydrogen-bond acceptors (Lipinski definition) is 6. The third-order valence-corrected chi connectivity index (χ3v) is 6.40. The van der Waals surface area contributed by atoms with E-state index >= 15 is 0 Å². The summed E-state index contributed by atoms with van der Waals surface area (Å²) >= 11 is 1.41. The van der Waals surface area contributed by atoms with Crippen LogP contribution in [0.4, 0.5) is 11.8 Å². The van der Waals surface area contributed by atoms with Crippen molar-refractivity contribution in [1.29, 1.82) is 0 Å². The van der Waals surface area contributed by atoms with Crippen molar-refractivity contribution in [1.82, 2.24) is 24.5 Å². The van der Waals surface area contributed by atoms with Crippen LogP contribution in [0.3, 0.4) is 0 Å². The van der Waals surface area contributed by atoms with Crippen LogP contribution in [-0.4, -0.2) is 48.8 Å². The number of carbonyl (C=O) groups is 1. The molecule has 1 aromatic carbocycles. The highest BCUT2D eigenvalue weighted by molar-refractivity contribution is 8.00. The van der Waals surface area contributed by atoms with E-state index in [1.165, 1.54) is 17.3 Å². The first kappa shape index (κ1) is 21.4. The minimum Gasteiger partial charge on any atom is -0.341 e. The molecule has 1 aliphatic heterocycles. The molecule has 1 fully saturated rings. The highest BCUT2D eigenvalue weighted by Crippen LogP contribution is 2.31. The first-order valence-electron chi connectivity index (χ1n) is 10.7. The van der Waals surface area contributed by atoms with Crippen molar-refractivity contribution in [2.24, 2.45) is 0 Å². The van der Waals surface area contributed by atoms with E-state index in [4.69, 9.17) is 0 Å². The Bertz CT molecular complexity index is 1030. The number of benzene rings is 1. The predicted molar refractivity (Wildman–Crippen MR) is 124 cm³/mol. The van der Waals surface area contributed by atoms with Gasteiger partial charge in [0.1, 0.15) is 5.82 Å². The summed E-state index contributed by atoms with van der Waals surface area (Å²) in [6, 6.07) is 10.3. The van der Waals surface area contributed by atoms with E-state index in [-0.39, 0.29) is 17.2 Å². The molecule has 9 heteroatoms. The summed E-state index contributed by atoms with van der Waals surface area (Å²) in [5.74, 6) is 1.45. The van der Waals surface area contributed by atoms with E-state index in [0.717, 1.165) is 37.6 Å². The van der Waals surface area contributed by atoms with Crippen molar-refractivity contribution >= 4 is 29.4 Å². The summed E-state index contributed by atoms with van der Waals surface area (Å²) in [5.41, 5.74) is 2.20. The smallest absolute Gasteiger partial charge is 0.238 e. The molecule has 4 rings (SSSR count). The van der Waals surface area contributed by atoms with Crippen molar-refractivity contribution in [3.63, 3.8) is 0 Å². The molecule has 1 saturated heterocycles. The van der Waals surface area contributed by atoms with E-state index in [2.05, 4.69) is 61.3 Å². The van der Waals surface area contributed by atoms with Crippen LogP contribution in [0, 0.1) is 6.92 Å². The van der Waals surface area contributed by atoms with Crippen LogP contribution in [0.25, 0.3) is 5.69 Å². The Labute approximate surface area is 187 Å². The second kappa shape index (κ2) is 9.13. The van der Waals surface area contributed by atoms with Crippen LogP contribution < -0.4 is 10.2 Å². The number of nitrogens with one attached hydrogen (secondary N) is 1. The monoisotopic (exact) mass is 439 g/mol. The SMILES string of the molecule is Cc1ccc(-n2c(SC(C)C(=O)Nc3ccnn3C(C)C)nnc2N2CCCC2)cc1. The predicted octanol–water partition coefficient (Wildman–Crippen LogP) is 4.07. The first-order chi connectivity index (χ1) is 14.9. The van der Waals surface area contributed by atoms with Gasteiger partial charge in [0, 0.05) is 25.2 Å². The zero-order valence-electron chi connectivity index (χ0n) is 18.4. The summed E-state index contributed by atoms with van der Waals surface area (Å²) in [6.45, 7) is 9.98. The van der Waals surface area contributed by atoms with Gasteiger partial charge in [0.25, 0.3) is 0 Å². The summed E-state index contributed by atoms with van der Waals surface area (Å²) in [5, 5.41) is 16.6. The molecular weight excluding hydrogens is 410 g/mol. The lowest BCUT2D eigenvalue weighted by atomic mass is 10.2. The molecular formula is C22H29N7OS. The average Bonchev–Trinajstić information content (AvgIpc) is 3.49. The van der Waals surface area contributed by atoms with Gasteiger partial charge in [-0.1, -0.05) is 29.5 Å². The minimum atomic E-state index is -0.352. The quantitative estimate of drug-likeness (QED) is 0.559. The molecule has 164 valence electrons. The van der Waals surface area contributed by atoms with Crippen LogP contribution in [0.5, 0.6) is 0 Å². The van der Waals surface area contributed by atoms with Gasteiger partial charge in [-0.2, -0.15) is 5.10 Å². The van der Waals surface area contributed by atoms with Gasteiger partial charge in [0.15, 0.2) is 5.16 Å². The highest BCUT2D eigenvalue weighted by atomic mass is 32.2. The maximum atomic E-state index is 12.9. The second-order valence-electron chi connectivity index (χ2n) is 8.15. The number of nitrogens with zero attached hydrogens (tertiary/aromatic N) is 6. The van der Waals surface area contributed by atoms with Crippen molar-refractivity contribution in [3.05, 3.63) is 42.1 Å². The second-order valence-corrected chi connectivity index (χ2v) is 9.46. The van der Waals surface area contributed by atoms with Crippen molar-refractivity contribution < 1.29 is 4.79 Å². The molecule has 31 heavy (non-hydrogen) atoms. The van der Waals surface area contributed by atoms with E-state index in [1.807, 2.05) is 26.8 Å². The van der Waals surface area contributed by atoms with E-state index < -0.39 is 0 Å². The van der Waals surface area contributed by atoms with Gasteiger partial charge in [-0.3, -0.25) is 9.36 Å². The number of thioether (sulfide) groups is 1. The molecule has 1 amide bonds. The van der Waals surface area contributed by atoms with Crippen LogP contribution in [0.2, 0.25) is 0 Å². The maximum Gasteiger partial charge on any atom is 0.238 e. The molecule has 0 radical (unpaired) electrons. The topological polar surface area (TPSA) is 80.9 Å². The van der Waals surface area contributed by atoms with E-state index in [1.54, 1.807) is 10.9 Å². The Kier molecular flexibility index (Phi) is 6.31. The summed E-state index contributed by atoms with van der Waals surface area (Å²) in [6.07, 6.45) is 4.01. The Morgan fingerprint density at radius 1 is 1.06 bits per heavy atom. The Hall–Kier alpha value is -2.81.